The summed E-state index contributed by atoms with van der Waals surface area (Å²) in [6, 6.07) is 8.44. The fraction of sp³-hybridized carbons (Fsp3) is 0.647. The highest BCUT2D eigenvalue weighted by atomic mass is 28.3. The molecule has 4 heteroatoms. The van der Waals surface area contributed by atoms with E-state index in [1.54, 1.807) is 10.8 Å². The van der Waals surface area contributed by atoms with Gasteiger partial charge in [0.1, 0.15) is 0 Å². The molecule has 2 nitrogen and oxygen atoms in total. The predicted molar refractivity (Wildman–Crippen MR) is 90.7 cm³/mol. The fourth-order valence-electron chi connectivity index (χ4n) is 3.28. The molecule has 1 aromatic carbocycles. The Morgan fingerprint density at radius 3 is 2.38 bits per heavy atom. The quantitative estimate of drug-likeness (QED) is 0.797. The van der Waals surface area contributed by atoms with E-state index in [1.165, 1.54) is 54.9 Å². The zero-order chi connectivity index (χ0) is 14.7. The van der Waals surface area contributed by atoms with Crippen molar-refractivity contribution < 1.29 is 8.85 Å². The summed E-state index contributed by atoms with van der Waals surface area (Å²) < 4.78 is 12.3. The van der Waals surface area contributed by atoms with Crippen LogP contribution in [-0.2, 0) is 14.9 Å². The van der Waals surface area contributed by atoms with Crippen molar-refractivity contribution in [1.29, 1.82) is 0 Å². The molecule has 0 aliphatic carbocycles. The topological polar surface area (TPSA) is 18.5 Å². The Kier molecular flexibility index (Phi) is 5.32. The molecule has 0 amide bonds. The van der Waals surface area contributed by atoms with E-state index in [0.29, 0.717) is 0 Å². The van der Waals surface area contributed by atoms with Crippen LogP contribution in [0.3, 0.4) is 0 Å². The van der Waals surface area contributed by atoms with Gasteiger partial charge in [-0.2, -0.15) is 0 Å². The monoisotopic (exact) mass is 318 g/mol. The predicted octanol–water partition coefficient (Wildman–Crippen LogP) is 3.20. The second kappa shape index (κ2) is 7.22. The smallest absolute Gasteiger partial charge is 0.246 e. The Bertz CT molecular complexity index is 478. The number of rotatable bonds is 3. The fourth-order valence-corrected chi connectivity index (χ4v) is 8.22. The summed E-state index contributed by atoms with van der Waals surface area (Å²) in [5, 5.41) is 1.55. The van der Waals surface area contributed by atoms with Crippen LogP contribution in [0, 0.1) is 13.8 Å². The minimum Gasteiger partial charge on any atom is -0.416 e. The first-order valence-corrected chi connectivity index (χ1v) is 11.7. The molecule has 0 saturated carbocycles. The molecular weight excluding hydrogens is 292 g/mol. The summed E-state index contributed by atoms with van der Waals surface area (Å²) in [4.78, 5) is 0. The van der Waals surface area contributed by atoms with Crippen molar-refractivity contribution in [3.8, 4) is 0 Å². The molecule has 21 heavy (non-hydrogen) atoms. The Morgan fingerprint density at radius 1 is 0.952 bits per heavy atom. The largest absolute Gasteiger partial charge is 0.416 e. The van der Waals surface area contributed by atoms with E-state index in [9.17, 15) is 0 Å². The van der Waals surface area contributed by atoms with Crippen molar-refractivity contribution in [3.63, 3.8) is 0 Å². The molecule has 0 N–H and O–H groups in total. The van der Waals surface area contributed by atoms with Gasteiger partial charge in [-0.3, -0.25) is 0 Å². The van der Waals surface area contributed by atoms with Crippen LogP contribution in [0.15, 0.2) is 12.1 Å². The van der Waals surface area contributed by atoms with Crippen molar-refractivity contribution in [2.24, 2.45) is 0 Å². The van der Waals surface area contributed by atoms with E-state index >= 15 is 0 Å². The van der Waals surface area contributed by atoms with E-state index in [1.807, 2.05) is 0 Å². The first kappa shape index (κ1) is 15.5. The maximum atomic E-state index is 6.16. The van der Waals surface area contributed by atoms with E-state index in [2.05, 4.69) is 26.0 Å². The van der Waals surface area contributed by atoms with E-state index < -0.39 is 18.1 Å². The summed E-state index contributed by atoms with van der Waals surface area (Å²) in [7, 11) is -1.42. The molecule has 2 radical (unpaired) electrons. The first-order valence-electron chi connectivity index (χ1n) is 8.31. The Balaban J connectivity index is 1.85. The third-order valence-electron chi connectivity index (χ3n) is 4.77. The summed E-state index contributed by atoms with van der Waals surface area (Å²) in [5.74, 6) is 0. The third-order valence-corrected chi connectivity index (χ3v) is 9.48. The van der Waals surface area contributed by atoms with Crippen molar-refractivity contribution in [2.75, 3.05) is 13.2 Å². The maximum Gasteiger partial charge on any atom is 0.246 e. The van der Waals surface area contributed by atoms with Crippen LogP contribution in [0.25, 0.3) is 0 Å². The minimum absolute atomic E-state index is 0.638. The molecule has 1 aromatic rings. The van der Waals surface area contributed by atoms with Crippen molar-refractivity contribution >= 4 is 23.3 Å². The van der Waals surface area contributed by atoms with Gasteiger partial charge in [-0.05, 0) is 66.7 Å². The lowest BCUT2D eigenvalue weighted by Gasteiger charge is -2.27. The van der Waals surface area contributed by atoms with Crippen molar-refractivity contribution in [1.82, 2.24) is 0 Å². The van der Waals surface area contributed by atoms with Gasteiger partial charge in [0, 0.05) is 13.2 Å². The van der Waals surface area contributed by atoms with Gasteiger partial charge in [0.15, 0.2) is 0 Å². The summed E-state index contributed by atoms with van der Waals surface area (Å²) >= 11 is 0. The molecule has 2 saturated heterocycles. The summed E-state index contributed by atoms with van der Waals surface area (Å²) in [6.07, 6.45) is 5.20. The van der Waals surface area contributed by atoms with Crippen LogP contribution < -0.4 is 5.19 Å². The second-order valence-electron chi connectivity index (χ2n) is 6.28. The SMILES string of the molecule is Cc1ccc([Si]2CCCCO2)c(C[Si]2CCCCO2)c1C. The van der Waals surface area contributed by atoms with Gasteiger partial charge >= 0.3 is 0 Å². The van der Waals surface area contributed by atoms with Crippen molar-refractivity contribution in [2.45, 2.75) is 57.7 Å². The molecule has 0 aromatic heterocycles. The van der Waals surface area contributed by atoms with Crippen LogP contribution in [0.4, 0.5) is 0 Å². The van der Waals surface area contributed by atoms with E-state index in [-0.39, 0.29) is 0 Å². The normalized spacial score (nSPS) is 21.6. The molecule has 3 rings (SSSR count). The zero-order valence-electron chi connectivity index (χ0n) is 13.3. The number of hydrogen-bond acceptors (Lipinski definition) is 2. The van der Waals surface area contributed by atoms with Gasteiger partial charge in [0.25, 0.3) is 0 Å². The Labute approximate surface area is 132 Å². The Morgan fingerprint density at radius 2 is 1.71 bits per heavy atom. The first-order chi connectivity index (χ1) is 10.3. The highest BCUT2D eigenvalue weighted by Crippen LogP contribution is 2.21. The molecule has 2 fully saturated rings. The standard InChI is InChI=1S/C17H26O2Si2/c1-14-7-8-17(21-12-6-4-10-19-21)16(15(14)2)13-20-11-5-3-9-18-20/h7-8H,3-6,9-13H2,1-2H3. The lowest BCUT2D eigenvalue weighted by atomic mass is 10.0. The Hall–Kier alpha value is -0.426. The molecule has 114 valence electrons. The molecule has 0 atom stereocenters. The maximum absolute atomic E-state index is 6.16. The van der Waals surface area contributed by atoms with E-state index in [0.717, 1.165) is 13.2 Å². The lowest BCUT2D eigenvalue weighted by molar-refractivity contribution is 0.286. The van der Waals surface area contributed by atoms with Gasteiger partial charge in [-0.25, -0.2) is 0 Å². The third kappa shape index (κ3) is 3.67. The van der Waals surface area contributed by atoms with Crippen molar-refractivity contribution in [3.05, 3.63) is 28.8 Å². The highest BCUT2D eigenvalue weighted by Gasteiger charge is 2.27. The molecule has 2 heterocycles. The lowest BCUT2D eigenvalue weighted by Crippen LogP contribution is -2.41. The van der Waals surface area contributed by atoms with Gasteiger partial charge in [0.2, 0.25) is 18.1 Å². The average Bonchev–Trinajstić information content (AvgIpc) is 2.54. The number of benzene rings is 1. The van der Waals surface area contributed by atoms with E-state index in [4.69, 9.17) is 8.85 Å². The van der Waals surface area contributed by atoms with Crippen LogP contribution in [0.1, 0.15) is 42.4 Å². The van der Waals surface area contributed by atoms with Gasteiger partial charge < -0.3 is 8.85 Å². The molecular formula is C17H26O2Si2. The molecule has 2 aliphatic rings. The summed E-state index contributed by atoms with van der Waals surface area (Å²) in [6.45, 7) is 6.49. The van der Waals surface area contributed by atoms with Gasteiger partial charge in [-0.15, -0.1) is 0 Å². The molecule has 0 unspecified atom stereocenters. The second-order valence-corrected chi connectivity index (χ2v) is 10.7. The zero-order valence-corrected chi connectivity index (χ0v) is 15.3. The number of aryl methyl sites for hydroxylation is 1. The molecule has 2 aliphatic heterocycles. The highest BCUT2D eigenvalue weighted by molar-refractivity contribution is 6.68. The van der Waals surface area contributed by atoms with Crippen LogP contribution in [-0.4, -0.2) is 31.3 Å². The van der Waals surface area contributed by atoms with Gasteiger partial charge in [-0.1, -0.05) is 25.0 Å². The van der Waals surface area contributed by atoms with Crippen LogP contribution in [0.5, 0.6) is 0 Å². The van der Waals surface area contributed by atoms with Crippen LogP contribution in [0.2, 0.25) is 12.1 Å². The summed E-state index contributed by atoms with van der Waals surface area (Å²) in [5.41, 5.74) is 4.50. The van der Waals surface area contributed by atoms with Crippen LogP contribution >= 0.6 is 0 Å². The molecule has 0 bridgehead atoms. The minimum atomic E-state index is -0.783. The molecule has 0 spiro atoms. The average molecular weight is 319 g/mol. The van der Waals surface area contributed by atoms with Gasteiger partial charge in [0.05, 0.1) is 0 Å². The number of hydrogen-bond donors (Lipinski definition) is 0.